The normalized spacial score (nSPS) is 9.27. The van der Waals surface area contributed by atoms with E-state index in [-0.39, 0.29) is 5.82 Å². The van der Waals surface area contributed by atoms with Crippen molar-refractivity contribution in [3.05, 3.63) is 42.4 Å². The van der Waals surface area contributed by atoms with Gasteiger partial charge in [-0.1, -0.05) is 12.6 Å². The number of aryl methyl sites for hydroxylation is 1. The van der Waals surface area contributed by atoms with Crippen LogP contribution in [0.3, 0.4) is 0 Å². The topological polar surface area (TPSA) is 9.23 Å². The zero-order chi connectivity index (χ0) is 8.27. The van der Waals surface area contributed by atoms with Crippen LogP contribution in [0, 0.1) is 12.7 Å². The second kappa shape index (κ2) is 3.19. The molecule has 0 heterocycles. The maximum absolute atomic E-state index is 12.6. The molecule has 0 spiro atoms. The lowest BCUT2D eigenvalue weighted by Gasteiger charge is -2.02. The van der Waals surface area contributed by atoms with Gasteiger partial charge in [-0.15, -0.1) is 0 Å². The van der Waals surface area contributed by atoms with E-state index in [1.54, 1.807) is 6.07 Å². The van der Waals surface area contributed by atoms with E-state index in [0.717, 1.165) is 5.56 Å². The quantitative estimate of drug-likeness (QED) is 0.592. The smallest absolute Gasteiger partial charge is 0.132 e. The minimum absolute atomic E-state index is 0.299. The van der Waals surface area contributed by atoms with Gasteiger partial charge in [-0.25, -0.2) is 4.39 Å². The highest BCUT2D eigenvalue weighted by molar-refractivity contribution is 5.33. The van der Waals surface area contributed by atoms with Crippen molar-refractivity contribution in [1.29, 1.82) is 0 Å². The summed E-state index contributed by atoms with van der Waals surface area (Å²) in [5, 5.41) is 0. The predicted octanol–water partition coefficient (Wildman–Crippen LogP) is 2.66. The monoisotopic (exact) mass is 152 g/mol. The van der Waals surface area contributed by atoms with Gasteiger partial charge in [-0.3, -0.25) is 0 Å². The van der Waals surface area contributed by atoms with Gasteiger partial charge in [0.25, 0.3) is 0 Å². The Kier molecular flexibility index (Phi) is 2.26. The van der Waals surface area contributed by atoms with Gasteiger partial charge in [0.15, 0.2) is 0 Å². The second-order valence-electron chi connectivity index (χ2n) is 2.19. The SMILES string of the molecule is C=COc1cc(F)ccc1C. The first kappa shape index (κ1) is 7.79. The summed E-state index contributed by atoms with van der Waals surface area (Å²) >= 11 is 0. The molecule has 0 aliphatic heterocycles. The molecule has 0 amide bonds. The molecular weight excluding hydrogens is 143 g/mol. The summed E-state index contributed by atoms with van der Waals surface area (Å²) in [6, 6.07) is 4.39. The molecule has 0 atom stereocenters. The Hall–Kier alpha value is -1.31. The van der Waals surface area contributed by atoms with Crippen LogP contribution in [-0.4, -0.2) is 0 Å². The van der Waals surface area contributed by atoms with Crippen molar-refractivity contribution in [3.63, 3.8) is 0 Å². The first-order valence-electron chi connectivity index (χ1n) is 3.28. The summed E-state index contributed by atoms with van der Waals surface area (Å²) in [7, 11) is 0. The number of benzene rings is 1. The van der Waals surface area contributed by atoms with Gasteiger partial charge in [-0.2, -0.15) is 0 Å². The molecule has 0 aliphatic carbocycles. The molecule has 1 aromatic rings. The summed E-state index contributed by atoms with van der Waals surface area (Å²) in [6.45, 7) is 5.23. The lowest BCUT2D eigenvalue weighted by Crippen LogP contribution is -1.86. The van der Waals surface area contributed by atoms with Crippen LogP contribution in [0.25, 0.3) is 0 Å². The standard InChI is InChI=1S/C9H9FO/c1-3-11-9-6-8(10)5-4-7(9)2/h3-6H,1H2,2H3. The highest BCUT2D eigenvalue weighted by Gasteiger charge is 1.98. The minimum Gasteiger partial charge on any atom is -0.465 e. The number of halogens is 1. The maximum atomic E-state index is 12.6. The fraction of sp³-hybridized carbons (Fsp3) is 0.111. The van der Waals surface area contributed by atoms with Crippen molar-refractivity contribution in [2.45, 2.75) is 6.92 Å². The van der Waals surface area contributed by atoms with E-state index >= 15 is 0 Å². The molecule has 0 aromatic heterocycles. The molecule has 58 valence electrons. The molecule has 0 saturated heterocycles. The van der Waals surface area contributed by atoms with E-state index in [0.29, 0.717) is 5.75 Å². The first-order valence-corrected chi connectivity index (χ1v) is 3.28. The zero-order valence-electron chi connectivity index (χ0n) is 6.30. The third-order valence-corrected chi connectivity index (χ3v) is 1.36. The van der Waals surface area contributed by atoms with E-state index in [1.165, 1.54) is 18.4 Å². The second-order valence-corrected chi connectivity index (χ2v) is 2.19. The van der Waals surface area contributed by atoms with E-state index < -0.39 is 0 Å². The number of rotatable bonds is 2. The molecule has 1 aromatic carbocycles. The zero-order valence-corrected chi connectivity index (χ0v) is 6.30. The molecule has 0 saturated carbocycles. The van der Waals surface area contributed by atoms with Crippen molar-refractivity contribution >= 4 is 0 Å². The minimum atomic E-state index is -0.299. The van der Waals surface area contributed by atoms with Crippen molar-refractivity contribution in [1.82, 2.24) is 0 Å². The fourth-order valence-corrected chi connectivity index (χ4v) is 0.791. The molecule has 2 heteroatoms. The third-order valence-electron chi connectivity index (χ3n) is 1.36. The van der Waals surface area contributed by atoms with Crippen LogP contribution >= 0.6 is 0 Å². The molecular formula is C9H9FO. The Morgan fingerprint density at radius 3 is 2.91 bits per heavy atom. The van der Waals surface area contributed by atoms with Gasteiger partial charge < -0.3 is 4.74 Å². The van der Waals surface area contributed by atoms with Crippen LogP contribution in [0.4, 0.5) is 4.39 Å². The van der Waals surface area contributed by atoms with Crippen LogP contribution < -0.4 is 4.74 Å². The Morgan fingerprint density at radius 1 is 1.55 bits per heavy atom. The van der Waals surface area contributed by atoms with Crippen LogP contribution in [0.5, 0.6) is 5.75 Å². The molecule has 0 radical (unpaired) electrons. The average Bonchev–Trinajstić information content (AvgIpc) is 1.98. The first-order chi connectivity index (χ1) is 5.24. The van der Waals surface area contributed by atoms with Gasteiger partial charge in [0, 0.05) is 6.07 Å². The molecule has 11 heavy (non-hydrogen) atoms. The van der Waals surface area contributed by atoms with Crippen molar-refractivity contribution in [2.75, 3.05) is 0 Å². The van der Waals surface area contributed by atoms with E-state index in [4.69, 9.17) is 4.74 Å². The van der Waals surface area contributed by atoms with Gasteiger partial charge in [0.05, 0.1) is 6.26 Å². The largest absolute Gasteiger partial charge is 0.465 e. The van der Waals surface area contributed by atoms with Crippen LogP contribution in [0.15, 0.2) is 31.0 Å². The Balaban J connectivity index is 3.01. The van der Waals surface area contributed by atoms with Gasteiger partial charge in [0.2, 0.25) is 0 Å². The molecule has 0 unspecified atom stereocenters. The van der Waals surface area contributed by atoms with Gasteiger partial charge in [-0.05, 0) is 18.6 Å². The lowest BCUT2D eigenvalue weighted by atomic mass is 10.2. The fourth-order valence-electron chi connectivity index (χ4n) is 0.791. The number of hydrogen-bond donors (Lipinski definition) is 0. The molecule has 1 rings (SSSR count). The van der Waals surface area contributed by atoms with Crippen molar-refractivity contribution < 1.29 is 9.13 Å². The summed E-state index contributed by atoms with van der Waals surface area (Å²) in [4.78, 5) is 0. The number of hydrogen-bond acceptors (Lipinski definition) is 1. The summed E-state index contributed by atoms with van der Waals surface area (Å²) in [5.41, 5.74) is 0.895. The van der Waals surface area contributed by atoms with E-state index in [1.807, 2.05) is 6.92 Å². The summed E-state index contributed by atoms with van der Waals surface area (Å²) < 4.78 is 17.5. The van der Waals surface area contributed by atoms with E-state index in [9.17, 15) is 4.39 Å². The van der Waals surface area contributed by atoms with Gasteiger partial charge in [0.1, 0.15) is 11.6 Å². The highest BCUT2D eigenvalue weighted by Crippen LogP contribution is 2.18. The van der Waals surface area contributed by atoms with Crippen LogP contribution in [0.2, 0.25) is 0 Å². The van der Waals surface area contributed by atoms with Crippen LogP contribution in [-0.2, 0) is 0 Å². The summed E-state index contributed by atoms with van der Waals surface area (Å²) in [5.74, 6) is 0.215. The highest BCUT2D eigenvalue weighted by atomic mass is 19.1. The molecule has 0 fully saturated rings. The molecule has 0 bridgehead atoms. The third kappa shape index (κ3) is 1.80. The van der Waals surface area contributed by atoms with Crippen LogP contribution in [0.1, 0.15) is 5.56 Å². The average molecular weight is 152 g/mol. The summed E-state index contributed by atoms with van der Waals surface area (Å²) in [6.07, 6.45) is 1.28. The van der Waals surface area contributed by atoms with Crippen molar-refractivity contribution in [3.8, 4) is 5.75 Å². The maximum Gasteiger partial charge on any atom is 0.132 e. The molecule has 0 aliphatic rings. The Morgan fingerprint density at radius 2 is 2.27 bits per heavy atom. The molecule has 1 nitrogen and oxygen atoms in total. The Bertz CT molecular complexity index is 268. The van der Waals surface area contributed by atoms with Crippen molar-refractivity contribution in [2.24, 2.45) is 0 Å². The Labute approximate surface area is 65.1 Å². The number of ether oxygens (including phenoxy) is 1. The predicted molar refractivity (Wildman–Crippen MR) is 42.0 cm³/mol. The lowest BCUT2D eigenvalue weighted by molar-refractivity contribution is 0.473. The molecule has 0 N–H and O–H groups in total. The van der Waals surface area contributed by atoms with Gasteiger partial charge >= 0.3 is 0 Å². The van der Waals surface area contributed by atoms with E-state index in [2.05, 4.69) is 6.58 Å².